The molecule has 0 amide bonds. The van der Waals surface area contributed by atoms with Crippen molar-refractivity contribution in [3.8, 4) is 5.75 Å². The first-order valence-corrected chi connectivity index (χ1v) is 10.6. The first-order valence-electron chi connectivity index (χ1n) is 10.2. The van der Waals surface area contributed by atoms with E-state index in [4.69, 9.17) is 21.1 Å². The van der Waals surface area contributed by atoms with Gasteiger partial charge in [0.1, 0.15) is 19.0 Å². The molecule has 0 bridgehead atoms. The summed E-state index contributed by atoms with van der Waals surface area (Å²) >= 11 is 6.02. The molecule has 0 fully saturated rings. The van der Waals surface area contributed by atoms with E-state index in [1.807, 2.05) is 24.3 Å². The van der Waals surface area contributed by atoms with E-state index >= 15 is 0 Å². The minimum Gasteiger partial charge on any atom is -0.489 e. The summed E-state index contributed by atoms with van der Waals surface area (Å²) in [5.41, 5.74) is 2.33. The molecule has 0 saturated carbocycles. The summed E-state index contributed by atoms with van der Waals surface area (Å²) in [7, 11) is 0. The highest BCUT2D eigenvalue weighted by Crippen LogP contribution is 2.24. The monoisotopic (exact) mass is 426 g/mol. The van der Waals surface area contributed by atoms with Crippen molar-refractivity contribution in [1.82, 2.24) is 0 Å². The van der Waals surface area contributed by atoms with E-state index in [0.29, 0.717) is 23.1 Å². The molecule has 1 N–H and O–H groups in total. The van der Waals surface area contributed by atoms with Crippen molar-refractivity contribution in [3.63, 3.8) is 0 Å². The average molecular weight is 427 g/mol. The van der Waals surface area contributed by atoms with Crippen LogP contribution in [-0.2, 0) is 16.1 Å². The van der Waals surface area contributed by atoms with Gasteiger partial charge in [0.25, 0.3) is 0 Å². The van der Waals surface area contributed by atoms with Crippen LogP contribution in [0.1, 0.15) is 43.4 Å². The maximum atomic E-state index is 12.1. The Bertz CT molecular complexity index is 902. The van der Waals surface area contributed by atoms with Crippen LogP contribution in [-0.4, -0.2) is 17.7 Å². The molecule has 0 radical (unpaired) electrons. The Morgan fingerprint density at radius 2 is 1.93 bits per heavy atom. The molecule has 1 aliphatic carbocycles. The van der Waals surface area contributed by atoms with Crippen molar-refractivity contribution in [2.24, 2.45) is 5.92 Å². The van der Waals surface area contributed by atoms with Gasteiger partial charge in [0.05, 0.1) is 0 Å². The quantitative estimate of drug-likeness (QED) is 0.568. The second kappa shape index (κ2) is 11.0. The number of ether oxygens (including phenoxy) is 2. The molecule has 0 spiro atoms. The molecule has 1 aliphatic rings. The first kappa shape index (κ1) is 22.1. The Morgan fingerprint density at radius 3 is 2.70 bits per heavy atom. The standard InChI is InChI=1S/C25H27ClO4/c1-18-6-2-3-7-19(11-10-18)16-29-21-14-12-20(13-15-21)17-30-25(28)24(27)22-8-4-5-9-23(22)26/h3-5,7-9,11-15,18,24,27H,2,6,10,16-17H2,1H3/b7-3-,19-11+/t18-,24?/m1/s1. The van der Waals surface area contributed by atoms with Gasteiger partial charge in [-0.2, -0.15) is 0 Å². The molecule has 158 valence electrons. The zero-order chi connectivity index (χ0) is 21.3. The van der Waals surface area contributed by atoms with Crippen LogP contribution < -0.4 is 4.74 Å². The normalized spacial score (nSPS) is 20.2. The lowest BCUT2D eigenvalue weighted by atomic mass is 9.97. The summed E-state index contributed by atoms with van der Waals surface area (Å²) in [5.74, 6) is 0.717. The van der Waals surface area contributed by atoms with Crippen LogP contribution in [0.5, 0.6) is 5.75 Å². The van der Waals surface area contributed by atoms with Crippen molar-refractivity contribution in [2.75, 3.05) is 6.61 Å². The van der Waals surface area contributed by atoms with Crippen molar-refractivity contribution < 1.29 is 19.4 Å². The fourth-order valence-corrected chi connectivity index (χ4v) is 3.41. The SMILES string of the molecule is C[C@H]1C/C=C(COc2ccc(COC(=O)C(O)c3ccccc3Cl)cc2)\C=C/CC1. The van der Waals surface area contributed by atoms with Crippen LogP contribution in [0, 0.1) is 5.92 Å². The number of rotatable bonds is 7. The number of allylic oxidation sites excluding steroid dienone is 2. The number of hydrogen-bond acceptors (Lipinski definition) is 4. The van der Waals surface area contributed by atoms with E-state index in [-0.39, 0.29) is 6.61 Å². The van der Waals surface area contributed by atoms with Gasteiger partial charge in [-0.25, -0.2) is 4.79 Å². The van der Waals surface area contributed by atoms with Crippen molar-refractivity contribution >= 4 is 17.6 Å². The maximum Gasteiger partial charge on any atom is 0.340 e. The number of esters is 1. The third kappa shape index (κ3) is 6.48. The molecule has 5 heteroatoms. The van der Waals surface area contributed by atoms with Gasteiger partial charge in [-0.1, -0.05) is 67.1 Å². The lowest BCUT2D eigenvalue weighted by molar-refractivity contribution is -0.155. The Hall–Kier alpha value is -2.56. The summed E-state index contributed by atoms with van der Waals surface area (Å²) in [5, 5.41) is 10.5. The van der Waals surface area contributed by atoms with Crippen LogP contribution in [0.3, 0.4) is 0 Å². The highest BCUT2D eigenvalue weighted by Gasteiger charge is 2.21. The van der Waals surface area contributed by atoms with E-state index in [1.165, 1.54) is 12.0 Å². The number of carbonyl (C=O) groups is 1. The fourth-order valence-electron chi connectivity index (χ4n) is 3.17. The number of halogens is 1. The average Bonchev–Trinajstić information content (AvgIpc) is 2.75. The predicted molar refractivity (Wildman–Crippen MR) is 118 cm³/mol. The fraction of sp³-hybridized carbons (Fsp3) is 0.320. The largest absolute Gasteiger partial charge is 0.489 e. The van der Waals surface area contributed by atoms with E-state index < -0.39 is 12.1 Å². The van der Waals surface area contributed by atoms with Crippen LogP contribution in [0.15, 0.2) is 72.3 Å². The third-order valence-electron chi connectivity index (χ3n) is 5.07. The van der Waals surface area contributed by atoms with Crippen LogP contribution in [0.4, 0.5) is 0 Å². The number of benzene rings is 2. The molecule has 0 aromatic heterocycles. The molecule has 2 aromatic rings. The van der Waals surface area contributed by atoms with E-state index in [1.54, 1.807) is 24.3 Å². The van der Waals surface area contributed by atoms with Crippen LogP contribution in [0.2, 0.25) is 5.02 Å². The second-order valence-electron chi connectivity index (χ2n) is 7.56. The molecule has 2 aromatic carbocycles. The van der Waals surface area contributed by atoms with Crippen molar-refractivity contribution in [1.29, 1.82) is 0 Å². The lowest BCUT2D eigenvalue weighted by Gasteiger charge is -2.13. The molecular formula is C25H27ClO4. The van der Waals surface area contributed by atoms with Gasteiger partial charge in [0.2, 0.25) is 0 Å². The molecule has 30 heavy (non-hydrogen) atoms. The molecule has 0 heterocycles. The van der Waals surface area contributed by atoms with Crippen molar-refractivity contribution in [2.45, 2.75) is 38.9 Å². The van der Waals surface area contributed by atoms with Gasteiger partial charge in [0, 0.05) is 10.6 Å². The summed E-state index contributed by atoms with van der Waals surface area (Å²) in [6.07, 6.45) is 8.60. The summed E-state index contributed by atoms with van der Waals surface area (Å²) in [4.78, 5) is 12.1. The van der Waals surface area contributed by atoms with E-state index in [0.717, 1.165) is 24.2 Å². The summed E-state index contributed by atoms with van der Waals surface area (Å²) < 4.78 is 11.1. The van der Waals surface area contributed by atoms with Gasteiger partial charge in [-0.05, 0) is 54.5 Å². The zero-order valence-electron chi connectivity index (χ0n) is 17.1. The molecule has 4 nitrogen and oxygen atoms in total. The van der Waals surface area contributed by atoms with Crippen molar-refractivity contribution in [3.05, 3.63) is 88.5 Å². The lowest BCUT2D eigenvalue weighted by Crippen LogP contribution is -2.15. The Labute approximate surface area is 182 Å². The van der Waals surface area contributed by atoms with E-state index in [9.17, 15) is 9.90 Å². The maximum absolute atomic E-state index is 12.1. The Balaban J connectivity index is 1.49. The topological polar surface area (TPSA) is 55.8 Å². The summed E-state index contributed by atoms with van der Waals surface area (Å²) in [6, 6.07) is 14.0. The predicted octanol–water partition coefficient (Wildman–Crippen LogP) is 5.80. The molecular weight excluding hydrogens is 400 g/mol. The second-order valence-corrected chi connectivity index (χ2v) is 7.97. The van der Waals surface area contributed by atoms with Gasteiger partial charge in [-0.3, -0.25) is 0 Å². The minimum absolute atomic E-state index is 0.0619. The molecule has 3 rings (SSSR count). The van der Waals surface area contributed by atoms with Crippen LogP contribution in [0.25, 0.3) is 0 Å². The molecule has 0 aliphatic heterocycles. The number of aliphatic hydroxyl groups excluding tert-OH is 1. The van der Waals surface area contributed by atoms with E-state index in [2.05, 4.69) is 25.2 Å². The highest BCUT2D eigenvalue weighted by molar-refractivity contribution is 6.31. The van der Waals surface area contributed by atoms with Gasteiger partial charge >= 0.3 is 5.97 Å². The van der Waals surface area contributed by atoms with Gasteiger partial charge in [0.15, 0.2) is 6.10 Å². The smallest absolute Gasteiger partial charge is 0.340 e. The Kier molecular flexibility index (Phi) is 8.12. The molecule has 0 saturated heterocycles. The zero-order valence-corrected chi connectivity index (χ0v) is 17.8. The highest BCUT2D eigenvalue weighted by atomic mass is 35.5. The van der Waals surface area contributed by atoms with Gasteiger partial charge in [-0.15, -0.1) is 0 Å². The number of carbonyl (C=O) groups excluding carboxylic acids is 1. The summed E-state index contributed by atoms with van der Waals surface area (Å²) in [6.45, 7) is 2.86. The number of aliphatic hydroxyl groups is 1. The first-order chi connectivity index (χ1) is 14.5. The van der Waals surface area contributed by atoms with Gasteiger partial charge < -0.3 is 14.6 Å². The minimum atomic E-state index is -1.41. The third-order valence-corrected chi connectivity index (χ3v) is 5.42. The molecule has 1 unspecified atom stereocenters. The Morgan fingerprint density at radius 1 is 1.17 bits per heavy atom. The van der Waals surface area contributed by atoms with Crippen LogP contribution >= 0.6 is 11.6 Å². The number of hydrogen-bond donors (Lipinski definition) is 1. The molecule has 2 atom stereocenters.